The number of halogens is 4. The molecular formula is C19H29Cl4N3O. The summed E-state index contributed by atoms with van der Waals surface area (Å²) in [4.78, 5) is 14.9. The van der Waals surface area contributed by atoms with Crippen molar-refractivity contribution in [2.45, 2.75) is 44.7 Å². The van der Waals surface area contributed by atoms with Crippen molar-refractivity contribution in [2.24, 2.45) is 17.6 Å². The maximum Gasteiger partial charge on any atom is 0.223 e. The van der Waals surface area contributed by atoms with Crippen molar-refractivity contribution in [3.8, 4) is 0 Å². The van der Waals surface area contributed by atoms with Crippen LogP contribution < -0.4 is 11.1 Å². The number of carbonyl (C=O) groups excluding carboxylic acids is 1. The first kappa shape index (κ1) is 24.8. The lowest BCUT2D eigenvalue weighted by Crippen LogP contribution is -2.47. The van der Waals surface area contributed by atoms with Gasteiger partial charge < -0.3 is 11.1 Å². The standard InChI is InChI=1S/C19H27Cl2N3O.2ClH/c20-17-5-4-13(10-18(17)21)12-24-8-6-15(7-9-24)23-19(25)16-3-1-2-14(16)11-22;;/h4-5,10,14-16H,1-3,6-9,11-12,22H2,(H,23,25);2*1H/t14-,16-;;/m1../s1. The van der Waals surface area contributed by atoms with Crippen LogP contribution in [0.3, 0.4) is 0 Å². The zero-order valence-electron chi connectivity index (χ0n) is 15.3. The summed E-state index contributed by atoms with van der Waals surface area (Å²) in [6.45, 7) is 3.46. The quantitative estimate of drug-likeness (QED) is 0.694. The summed E-state index contributed by atoms with van der Waals surface area (Å²) in [5.74, 6) is 0.713. The van der Waals surface area contributed by atoms with Gasteiger partial charge in [-0.05, 0) is 55.8 Å². The lowest BCUT2D eigenvalue weighted by Gasteiger charge is -2.33. The molecule has 1 heterocycles. The molecule has 2 fully saturated rings. The molecule has 1 amide bonds. The monoisotopic (exact) mass is 455 g/mol. The lowest BCUT2D eigenvalue weighted by atomic mass is 9.94. The largest absolute Gasteiger partial charge is 0.353 e. The van der Waals surface area contributed by atoms with Crippen LogP contribution in [0.25, 0.3) is 0 Å². The van der Waals surface area contributed by atoms with Gasteiger partial charge in [0.25, 0.3) is 0 Å². The van der Waals surface area contributed by atoms with Crippen molar-refractivity contribution in [1.29, 1.82) is 0 Å². The first-order chi connectivity index (χ1) is 12.1. The van der Waals surface area contributed by atoms with Crippen molar-refractivity contribution >= 4 is 53.9 Å². The average Bonchev–Trinajstić information content (AvgIpc) is 3.09. The van der Waals surface area contributed by atoms with Crippen LogP contribution >= 0.6 is 48.0 Å². The first-order valence-electron chi connectivity index (χ1n) is 9.23. The van der Waals surface area contributed by atoms with E-state index in [0.29, 0.717) is 22.5 Å². The van der Waals surface area contributed by atoms with E-state index in [2.05, 4.69) is 10.2 Å². The maximum absolute atomic E-state index is 12.5. The van der Waals surface area contributed by atoms with Gasteiger partial charge in [-0.25, -0.2) is 0 Å². The topological polar surface area (TPSA) is 58.4 Å². The number of rotatable bonds is 5. The smallest absolute Gasteiger partial charge is 0.223 e. The molecule has 2 atom stereocenters. The number of likely N-dealkylation sites (tertiary alicyclic amines) is 1. The van der Waals surface area contributed by atoms with Gasteiger partial charge in [0.1, 0.15) is 0 Å². The predicted octanol–water partition coefficient (Wildman–Crippen LogP) is 4.29. The Bertz CT molecular complexity index is 609. The van der Waals surface area contributed by atoms with Gasteiger partial charge in [0.15, 0.2) is 0 Å². The van der Waals surface area contributed by atoms with Gasteiger partial charge in [-0.1, -0.05) is 35.7 Å². The Morgan fingerprint density at radius 1 is 1.11 bits per heavy atom. The Hall–Kier alpha value is -0.230. The minimum absolute atomic E-state index is 0. The molecule has 1 aliphatic carbocycles. The van der Waals surface area contributed by atoms with Crippen LogP contribution in [0.1, 0.15) is 37.7 Å². The molecule has 3 N–H and O–H groups in total. The maximum atomic E-state index is 12.5. The number of hydrogen-bond donors (Lipinski definition) is 2. The molecule has 27 heavy (non-hydrogen) atoms. The van der Waals surface area contributed by atoms with Crippen molar-refractivity contribution < 1.29 is 4.79 Å². The van der Waals surface area contributed by atoms with Crippen LogP contribution in [0.4, 0.5) is 0 Å². The third-order valence-electron chi connectivity index (χ3n) is 5.62. The van der Waals surface area contributed by atoms with E-state index in [-0.39, 0.29) is 42.7 Å². The van der Waals surface area contributed by atoms with E-state index in [1.165, 1.54) is 5.56 Å². The molecule has 0 radical (unpaired) electrons. The summed E-state index contributed by atoms with van der Waals surface area (Å²) in [7, 11) is 0. The normalized spacial score (nSPS) is 23.4. The zero-order valence-corrected chi connectivity index (χ0v) is 18.5. The van der Waals surface area contributed by atoms with Crippen LogP contribution in [0.15, 0.2) is 18.2 Å². The van der Waals surface area contributed by atoms with Gasteiger partial charge in [0.2, 0.25) is 5.91 Å². The lowest BCUT2D eigenvalue weighted by molar-refractivity contribution is -0.127. The summed E-state index contributed by atoms with van der Waals surface area (Å²) >= 11 is 12.1. The van der Waals surface area contributed by atoms with Gasteiger partial charge in [0.05, 0.1) is 10.0 Å². The molecule has 2 aliphatic rings. The summed E-state index contributed by atoms with van der Waals surface area (Å²) in [6.07, 6.45) is 5.20. The average molecular weight is 457 g/mol. The van der Waals surface area contributed by atoms with E-state index < -0.39 is 0 Å². The molecule has 0 spiro atoms. The highest BCUT2D eigenvalue weighted by atomic mass is 35.5. The van der Waals surface area contributed by atoms with E-state index in [0.717, 1.165) is 51.7 Å². The van der Waals surface area contributed by atoms with Crippen LogP contribution in [0.2, 0.25) is 10.0 Å². The highest BCUT2D eigenvalue weighted by molar-refractivity contribution is 6.42. The first-order valence-corrected chi connectivity index (χ1v) is 9.99. The van der Waals surface area contributed by atoms with Gasteiger partial charge in [-0.3, -0.25) is 9.69 Å². The second-order valence-corrected chi connectivity index (χ2v) is 8.16. The summed E-state index contributed by atoms with van der Waals surface area (Å²) in [5.41, 5.74) is 6.98. The van der Waals surface area contributed by atoms with Crippen molar-refractivity contribution in [3.63, 3.8) is 0 Å². The minimum atomic E-state index is 0. The molecule has 1 aromatic rings. The van der Waals surface area contributed by atoms with Crippen LogP contribution in [0.5, 0.6) is 0 Å². The predicted molar refractivity (Wildman–Crippen MR) is 117 cm³/mol. The van der Waals surface area contributed by atoms with Gasteiger partial charge in [0, 0.05) is 31.6 Å². The number of nitrogens with two attached hydrogens (primary N) is 1. The molecule has 1 saturated carbocycles. The fourth-order valence-electron chi connectivity index (χ4n) is 4.10. The number of carbonyl (C=O) groups is 1. The van der Waals surface area contributed by atoms with E-state index in [9.17, 15) is 4.79 Å². The minimum Gasteiger partial charge on any atom is -0.353 e. The van der Waals surface area contributed by atoms with Crippen molar-refractivity contribution in [2.75, 3.05) is 19.6 Å². The van der Waals surface area contributed by atoms with Crippen LogP contribution in [-0.4, -0.2) is 36.5 Å². The summed E-state index contributed by atoms with van der Waals surface area (Å²) < 4.78 is 0. The molecule has 4 nitrogen and oxygen atoms in total. The fourth-order valence-corrected chi connectivity index (χ4v) is 4.42. The van der Waals surface area contributed by atoms with Gasteiger partial charge in [-0.2, -0.15) is 0 Å². The molecule has 3 rings (SSSR count). The van der Waals surface area contributed by atoms with E-state index in [1.807, 2.05) is 18.2 Å². The number of benzene rings is 1. The Kier molecular flexibility index (Phi) is 10.7. The Labute approximate surface area is 184 Å². The molecule has 0 aromatic heterocycles. The molecule has 0 unspecified atom stereocenters. The van der Waals surface area contributed by atoms with E-state index in [1.54, 1.807) is 0 Å². The molecule has 154 valence electrons. The molecule has 1 saturated heterocycles. The molecule has 1 aromatic carbocycles. The van der Waals surface area contributed by atoms with Crippen LogP contribution in [0, 0.1) is 11.8 Å². The van der Waals surface area contributed by atoms with Crippen molar-refractivity contribution in [1.82, 2.24) is 10.2 Å². The van der Waals surface area contributed by atoms with Gasteiger partial charge in [-0.15, -0.1) is 24.8 Å². The third kappa shape index (κ3) is 6.66. The number of nitrogens with zero attached hydrogens (tertiary/aromatic N) is 1. The number of piperidine rings is 1. The summed E-state index contributed by atoms with van der Waals surface area (Å²) in [5, 5.41) is 4.46. The number of nitrogens with one attached hydrogen (secondary N) is 1. The number of amides is 1. The van der Waals surface area contributed by atoms with Gasteiger partial charge >= 0.3 is 0 Å². The second-order valence-electron chi connectivity index (χ2n) is 7.34. The Morgan fingerprint density at radius 3 is 2.44 bits per heavy atom. The Balaban J connectivity index is 0.00000182. The molecule has 1 aliphatic heterocycles. The molecule has 0 bridgehead atoms. The van der Waals surface area contributed by atoms with Crippen molar-refractivity contribution in [3.05, 3.63) is 33.8 Å². The molecule has 8 heteroatoms. The van der Waals surface area contributed by atoms with E-state index >= 15 is 0 Å². The zero-order chi connectivity index (χ0) is 17.8. The SMILES string of the molecule is Cl.Cl.NC[C@H]1CCC[C@H]1C(=O)NC1CCN(Cc2ccc(Cl)c(Cl)c2)CC1. The number of hydrogen-bond acceptors (Lipinski definition) is 3. The summed E-state index contributed by atoms with van der Waals surface area (Å²) in [6, 6.07) is 6.10. The fraction of sp³-hybridized carbons (Fsp3) is 0.632. The second kappa shape index (κ2) is 11.7. The highest BCUT2D eigenvalue weighted by Gasteiger charge is 2.33. The molecular weight excluding hydrogens is 428 g/mol. The highest BCUT2D eigenvalue weighted by Crippen LogP contribution is 2.31. The third-order valence-corrected chi connectivity index (χ3v) is 6.36. The Morgan fingerprint density at radius 2 is 1.81 bits per heavy atom. The van der Waals surface area contributed by atoms with E-state index in [4.69, 9.17) is 28.9 Å². The van der Waals surface area contributed by atoms with Crippen LogP contribution in [-0.2, 0) is 11.3 Å².